The Kier molecular flexibility index (Phi) is 7.66. The Morgan fingerprint density at radius 2 is 1.27 bits per heavy atom. The van der Waals surface area contributed by atoms with Gasteiger partial charge < -0.3 is 0 Å². The van der Waals surface area contributed by atoms with Crippen molar-refractivity contribution in [3.05, 3.63) is 189 Å². The van der Waals surface area contributed by atoms with Gasteiger partial charge in [0, 0.05) is 11.8 Å². The summed E-state index contributed by atoms with van der Waals surface area (Å²) in [6.45, 7) is 0. The van der Waals surface area contributed by atoms with Crippen LogP contribution in [-0.4, -0.2) is 0 Å². The molecule has 3 aromatic rings. The summed E-state index contributed by atoms with van der Waals surface area (Å²) >= 11 is 0. The maximum atomic E-state index is 2.56. The van der Waals surface area contributed by atoms with E-state index in [0.29, 0.717) is 11.8 Å². The van der Waals surface area contributed by atoms with E-state index in [1.165, 1.54) is 73.9 Å². The predicted molar refractivity (Wildman–Crippen MR) is 205 cm³/mol. The molecule has 234 valence electrons. The van der Waals surface area contributed by atoms with Crippen LogP contribution < -0.4 is 10.4 Å². The zero-order valence-electron chi connectivity index (χ0n) is 27.7. The largest absolute Gasteiger partial charge is 0.0842 e. The van der Waals surface area contributed by atoms with E-state index >= 15 is 0 Å². The van der Waals surface area contributed by atoms with Crippen LogP contribution in [0, 0.1) is 11.8 Å². The average molecular weight is 619 g/mol. The van der Waals surface area contributed by atoms with Gasteiger partial charge in [-0.05, 0) is 128 Å². The van der Waals surface area contributed by atoms with Gasteiger partial charge in [-0.1, -0.05) is 146 Å². The second-order valence-corrected chi connectivity index (χ2v) is 14.0. The highest BCUT2D eigenvalue weighted by Gasteiger charge is 2.34. The van der Waals surface area contributed by atoms with Gasteiger partial charge in [-0.15, -0.1) is 0 Å². The molecule has 0 aromatic heterocycles. The zero-order chi connectivity index (χ0) is 31.9. The predicted octanol–water partition coefficient (Wildman–Crippen LogP) is 11.0. The van der Waals surface area contributed by atoms with Crippen LogP contribution in [0.2, 0.25) is 0 Å². The van der Waals surface area contributed by atoms with Gasteiger partial charge in [0.25, 0.3) is 0 Å². The van der Waals surface area contributed by atoms with Gasteiger partial charge in [-0.25, -0.2) is 0 Å². The third kappa shape index (κ3) is 5.25. The third-order valence-electron chi connectivity index (χ3n) is 11.3. The highest BCUT2D eigenvalue weighted by atomic mass is 14.4. The van der Waals surface area contributed by atoms with Gasteiger partial charge in [0.05, 0.1) is 0 Å². The molecule has 0 fully saturated rings. The fourth-order valence-corrected chi connectivity index (χ4v) is 8.94. The van der Waals surface area contributed by atoms with Crippen molar-refractivity contribution in [2.24, 2.45) is 11.8 Å². The molecule has 0 amide bonds. The quantitative estimate of drug-likeness (QED) is 0.267. The zero-order valence-corrected chi connectivity index (χ0v) is 27.7. The van der Waals surface area contributed by atoms with Crippen molar-refractivity contribution in [2.75, 3.05) is 0 Å². The lowest BCUT2D eigenvalue weighted by molar-refractivity contribution is 0.671. The van der Waals surface area contributed by atoms with Crippen molar-refractivity contribution in [1.29, 1.82) is 0 Å². The summed E-state index contributed by atoms with van der Waals surface area (Å²) in [6, 6.07) is 22.8. The van der Waals surface area contributed by atoms with Crippen molar-refractivity contribution in [3.8, 4) is 0 Å². The molecule has 6 aliphatic carbocycles. The van der Waals surface area contributed by atoms with Crippen LogP contribution in [0.25, 0.3) is 33.6 Å². The first-order chi connectivity index (χ1) is 23.8. The maximum Gasteiger partial charge on any atom is 0.0134 e. The van der Waals surface area contributed by atoms with Crippen LogP contribution in [0.15, 0.2) is 168 Å². The van der Waals surface area contributed by atoms with Crippen LogP contribution in [0.3, 0.4) is 0 Å². The van der Waals surface area contributed by atoms with Crippen LogP contribution in [0.5, 0.6) is 0 Å². The van der Waals surface area contributed by atoms with Gasteiger partial charge in [0.1, 0.15) is 0 Å². The Balaban J connectivity index is 1.09. The highest BCUT2D eigenvalue weighted by Crippen LogP contribution is 2.45. The number of fused-ring (bicyclic) bond motifs is 3. The minimum Gasteiger partial charge on any atom is -0.0842 e. The van der Waals surface area contributed by atoms with Gasteiger partial charge in [-0.2, -0.15) is 0 Å². The van der Waals surface area contributed by atoms with E-state index in [-0.39, 0.29) is 0 Å². The summed E-state index contributed by atoms with van der Waals surface area (Å²) in [5.74, 6) is 0.758. The molecule has 0 saturated heterocycles. The first kappa shape index (κ1) is 29.2. The molecule has 0 radical (unpaired) electrons. The van der Waals surface area contributed by atoms with Gasteiger partial charge >= 0.3 is 0 Å². The van der Waals surface area contributed by atoms with E-state index in [2.05, 4.69) is 146 Å². The molecule has 0 spiro atoms. The first-order valence-electron chi connectivity index (χ1n) is 18.1. The molecule has 2 atom stereocenters. The molecule has 0 bridgehead atoms. The molecule has 0 heteroatoms. The fourth-order valence-electron chi connectivity index (χ4n) is 8.94. The van der Waals surface area contributed by atoms with E-state index in [9.17, 15) is 0 Å². The molecular weight excluding hydrogens is 577 g/mol. The summed E-state index contributed by atoms with van der Waals surface area (Å²) in [7, 11) is 0. The summed E-state index contributed by atoms with van der Waals surface area (Å²) < 4.78 is 0. The smallest absolute Gasteiger partial charge is 0.0134 e. The molecule has 0 N–H and O–H groups in total. The van der Waals surface area contributed by atoms with Crippen LogP contribution in [0.1, 0.15) is 62.5 Å². The highest BCUT2D eigenvalue weighted by molar-refractivity contribution is 5.99. The second-order valence-electron chi connectivity index (χ2n) is 14.0. The SMILES string of the molecule is C1=CCCC(c2ccc(C=CC3=CC=C(C4=c5ccccc5=C(C5=CC6=C(C=CCC6)CC5)C5C=CC=CC45)CC3)c3ccccc23)=C1. The molecule has 3 aromatic carbocycles. The molecule has 2 unspecified atom stereocenters. The molecule has 0 aliphatic heterocycles. The van der Waals surface area contributed by atoms with E-state index in [4.69, 9.17) is 0 Å². The van der Waals surface area contributed by atoms with Crippen molar-refractivity contribution in [1.82, 2.24) is 0 Å². The average Bonchev–Trinajstić information content (AvgIpc) is 3.16. The van der Waals surface area contributed by atoms with E-state index in [1.807, 2.05) is 0 Å². The topological polar surface area (TPSA) is 0 Å². The summed E-state index contributed by atoms with van der Waals surface area (Å²) in [5, 5.41) is 5.57. The van der Waals surface area contributed by atoms with Crippen molar-refractivity contribution in [3.63, 3.8) is 0 Å². The summed E-state index contributed by atoms with van der Waals surface area (Å²) in [4.78, 5) is 0. The molecule has 6 aliphatic rings. The number of hydrogen-bond acceptors (Lipinski definition) is 0. The lowest BCUT2D eigenvalue weighted by Crippen LogP contribution is -2.40. The van der Waals surface area contributed by atoms with Gasteiger partial charge in [0.2, 0.25) is 0 Å². The van der Waals surface area contributed by atoms with E-state index in [1.54, 1.807) is 22.3 Å². The Morgan fingerprint density at radius 3 is 2.04 bits per heavy atom. The molecule has 0 saturated carbocycles. The Bertz CT molecular complexity index is 2280. The number of rotatable bonds is 5. The van der Waals surface area contributed by atoms with E-state index in [0.717, 1.165) is 32.1 Å². The third-order valence-corrected chi connectivity index (χ3v) is 11.3. The van der Waals surface area contributed by atoms with Crippen molar-refractivity contribution in [2.45, 2.75) is 51.4 Å². The van der Waals surface area contributed by atoms with Crippen molar-refractivity contribution < 1.29 is 0 Å². The van der Waals surface area contributed by atoms with Crippen LogP contribution in [0.4, 0.5) is 0 Å². The molecule has 0 nitrogen and oxygen atoms in total. The molecular formula is C48H42. The number of allylic oxidation sites excluding steroid dienone is 19. The molecule has 9 rings (SSSR count). The Hall–Kier alpha value is -4.94. The molecule has 48 heavy (non-hydrogen) atoms. The van der Waals surface area contributed by atoms with Gasteiger partial charge in [0.15, 0.2) is 0 Å². The minimum absolute atomic E-state index is 0.374. The number of benzene rings is 3. The van der Waals surface area contributed by atoms with Crippen molar-refractivity contribution >= 4 is 33.6 Å². The lowest BCUT2D eigenvalue weighted by Gasteiger charge is -2.36. The van der Waals surface area contributed by atoms with Crippen LogP contribution in [-0.2, 0) is 0 Å². The number of hydrogen-bond donors (Lipinski definition) is 0. The summed E-state index contributed by atoms with van der Waals surface area (Å²) in [6.07, 6.45) is 42.1. The lowest BCUT2D eigenvalue weighted by atomic mass is 9.67. The Morgan fingerprint density at radius 1 is 0.521 bits per heavy atom. The van der Waals surface area contributed by atoms with Gasteiger partial charge in [-0.3, -0.25) is 0 Å². The maximum absolute atomic E-state index is 2.56. The van der Waals surface area contributed by atoms with Crippen LogP contribution >= 0.6 is 0 Å². The second kappa shape index (κ2) is 12.6. The Labute approximate surface area is 285 Å². The standard InChI is InChI=1S/C48H42/c1-2-13-35(14-3-1)41-31-30-36(40-16-6-7-17-42(40)41)25-22-33-23-26-37(27-24-33)47-43-18-8-10-20-45(43)48(46-21-11-9-19-44(46)47)39-29-28-34-12-4-5-15-38(34)32-39/h1-2,4,6-13,16-23,25-26,30-32,43,45H,3,5,14-15,24,27-29H2. The minimum atomic E-state index is 0.374. The van der Waals surface area contributed by atoms with E-state index < -0.39 is 0 Å². The fraction of sp³-hybridized carbons (Fsp3) is 0.208. The normalized spacial score (nSPS) is 23.1. The summed E-state index contributed by atoms with van der Waals surface area (Å²) in [5.41, 5.74) is 14.8. The molecule has 0 heterocycles. The first-order valence-corrected chi connectivity index (χ1v) is 18.1. The monoisotopic (exact) mass is 618 g/mol.